The molecule has 0 aliphatic carbocycles. The number of alkyl carbamates (subject to hydrolysis) is 1. The Labute approximate surface area is 240 Å². The van der Waals surface area contributed by atoms with E-state index < -0.39 is 37.6 Å². The van der Waals surface area contributed by atoms with Crippen molar-refractivity contribution in [3.63, 3.8) is 0 Å². The summed E-state index contributed by atoms with van der Waals surface area (Å²) in [7, 11) is -0.0545. The molecule has 12 heteroatoms. The summed E-state index contributed by atoms with van der Waals surface area (Å²) in [5.41, 5.74) is 0.461. The summed E-state index contributed by atoms with van der Waals surface area (Å²) in [6.45, 7) is 12.7. The van der Waals surface area contributed by atoms with Crippen molar-refractivity contribution in [3.05, 3.63) is 53.6 Å². The van der Waals surface area contributed by atoms with Gasteiger partial charge in [-0.25, -0.2) is 19.0 Å². The fraction of sp³-hybridized carbons (Fsp3) is 0.448. The molecule has 0 unspecified atom stereocenters. The van der Waals surface area contributed by atoms with E-state index in [1.54, 1.807) is 43.7 Å². The molecule has 1 atom stereocenters. The molecule has 10 nitrogen and oxygen atoms in total. The molecule has 0 fully saturated rings. The van der Waals surface area contributed by atoms with Gasteiger partial charge in [0.1, 0.15) is 35.8 Å². The van der Waals surface area contributed by atoms with Crippen molar-refractivity contribution in [1.82, 2.24) is 14.9 Å². The Morgan fingerprint density at radius 2 is 1.93 bits per heavy atom. The number of nitrogens with zero attached hydrogens (tertiary/aromatic N) is 3. The SMILES string of the molecule is COC(=O)[C@H](Cc1ccc(Oc2ccnc3c2c(C#N)cn3COCC[Si](C)(C)C)c(F)c1)NC(=O)OC(C)(C)C. The normalized spacial score (nSPS) is 12.5. The Hall–Kier alpha value is -3.95. The first-order valence-electron chi connectivity index (χ1n) is 13.2. The average molecular weight is 585 g/mol. The highest BCUT2D eigenvalue weighted by Gasteiger charge is 2.26. The van der Waals surface area contributed by atoms with Gasteiger partial charge in [-0.1, -0.05) is 25.7 Å². The lowest BCUT2D eigenvalue weighted by atomic mass is 10.1. The van der Waals surface area contributed by atoms with Crippen LogP contribution in [0.2, 0.25) is 25.7 Å². The van der Waals surface area contributed by atoms with Gasteiger partial charge < -0.3 is 28.8 Å². The van der Waals surface area contributed by atoms with E-state index in [1.807, 2.05) is 0 Å². The van der Waals surface area contributed by atoms with E-state index in [2.05, 4.69) is 36.0 Å². The first-order valence-corrected chi connectivity index (χ1v) is 16.9. The van der Waals surface area contributed by atoms with Gasteiger partial charge in [0, 0.05) is 33.5 Å². The average Bonchev–Trinajstić information content (AvgIpc) is 3.24. The highest BCUT2D eigenvalue weighted by molar-refractivity contribution is 6.76. The van der Waals surface area contributed by atoms with Crippen LogP contribution in [0.4, 0.5) is 9.18 Å². The van der Waals surface area contributed by atoms with Crippen LogP contribution in [-0.4, -0.2) is 55.0 Å². The zero-order valence-electron chi connectivity index (χ0n) is 24.5. The third-order valence-corrected chi connectivity index (χ3v) is 7.60. The monoisotopic (exact) mass is 584 g/mol. The first-order chi connectivity index (χ1) is 19.2. The van der Waals surface area contributed by atoms with Crippen molar-refractivity contribution in [2.75, 3.05) is 13.7 Å². The third-order valence-electron chi connectivity index (χ3n) is 5.90. The summed E-state index contributed by atoms with van der Waals surface area (Å²) in [5.74, 6) is -1.22. The molecule has 0 bridgehead atoms. The van der Waals surface area contributed by atoms with Gasteiger partial charge >= 0.3 is 12.1 Å². The van der Waals surface area contributed by atoms with Crippen LogP contribution in [-0.2, 0) is 32.2 Å². The number of hydrogen-bond acceptors (Lipinski definition) is 8. The smallest absolute Gasteiger partial charge is 0.408 e. The summed E-state index contributed by atoms with van der Waals surface area (Å²) in [5, 5.41) is 12.7. The first kappa shape index (κ1) is 31.6. The molecule has 0 radical (unpaired) electrons. The molecule has 2 aromatic heterocycles. The zero-order valence-corrected chi connectivity index (χ0v) is 25.5. The Bertz CT molecular complexity index is 1440. The molecule has 41 heavy (non-hydrogen) atoms. The van der Waals surface area contributed by atoms with E-state index in [9.17, 15) is 14.9 Å². The molecule has 2 heterocycles. The summed E-state index contributed by atoms with van der Waals surface area (Å²) in [4.78, 5) is 28.9. The maximum Gasteiger partial charge on any atom is 0.408 e. The van der Waals surface area contributed by atoms with E-state index in [0.29, 0.717) is 28.8 Å². The second kappa shape index (κ2) is 13.1. The molecule has 3 rings (SSSR count). The summed E-state index contributed by atoms with van der Waals surface area (Å²) in [6, 6.07) is 7.83. The van der Waals surface area contributed by atoms with Gasteiger partial charge in [0.2, 0.25) is 0 Å². The number of benzene rings is 1. The van der Waals surface area contributed by atoms with Crippen LogP contribution in [0.1, 0.15) is 31.9 Å². The van der Waals surface area contributed by atoms with Crippen LogP contribution in [0.25, 0.3) is 11.0 Å². The molecule has 1 N–H and O–H groups in total. The van der Waals surface area contributed by atoms with E-state index in [0.717, 1.165) is 6.04 Å². The van der Waals surface area contributed by atoms with Gasteiger partial charge in [0.15, 0.2) is 11.6 Å². The van der Waals surface area contributed by atoms with Crippen molar-refractivity contribution < 1.29 is 32.9 Å². The number of halogens is 1. The maximum atomic E-state index is 15.2. The Morgan fingerprint density at radius 1 is 1.20 bits per heavy atom. The van der Waals surface area contributed by atoms with Crippen LogP contribution in [0, 0.1) is 17.1 Å². The van der Waals surface area contributed by atoms with Crippen LogP contribution in [0.3, 0.4) is 0 Å². The molecule has 220 valence electrons. The van der Waals surface area contributed by atoms with E-state index >= 15 is 4.39 Å². The molecular weight excluding hydrogens is 547 g/mol. The highest BCUT2D eigenvalue weighted by Crippen LogP contribution is 2.34. The maximum absolute atomic E-state index is 15.2. The van der Waals surface area contributed by atoms with Gasteiger partial charge in [0.05, 0.1) is 18.1 Å². The number of amides is 1. The minimum absolute atomic E-state index is 0.0399. The van der Waals surface area contributed by atoms with E-state index in [1.165, 1.54) is 25.4 Å². The zero-order chi connectivity index (χ0) is 30.4. The quantitative estimate of drug-likeness (QED) is 0.171. The summed E-state index contributed by atoms with van der Waals surface area (Å²) in [6.07, 6.45) is 2.33. The Balaban J connectivity index is 1.79. The lowest BCUT2D eigenvalue weighted by Crippen LogP contribution is -2.45. The predicted octanol–water partition coefficient (Wildman–Crippen LogP) is 5.76. The number of ether oxygens (including phenoxy) is 4. The standard InChI is InChI=1S/C29H37FN4O6Si/c1-29(2,3)40-28(36)33-22(27(35)37-4)15-19-8-9-23(21(30)14-19)39-24-10-11-32-26-25(24)20(16-31)17-34(26)18-38-12-13-41(5,6)7/h8-11,14,17,22H,12-13,15,18H2,1-7H3,(H,33,36)/t22-/m0/s1. The topological polar surface area (TPSA) is 125 Å². The van der Waals surface area contributed by atoms with Gasteiger partial charge in [-0.2, -0.15) is 5.26 Å². The minimum atomic E-state index is -1.25. The molecule has 1 aromatic carbocycles. The number of carbonyl (C=O) groups excluding carboxylic acids is 2. The molecular formula is C29H37FN4O6Si. The summed E-state index contributed by atoms with van der Waals surface area (Å²) >= 11 is 0. The minimum Gasteiger partial charge on any atom is -0.467 e. The second-order valence-electron chi connectivity index (χ2n) is 11.8. The van der Waals surface area contributed by atoms with E-state index in [4.69, 9.17) is 18.9 Å². The van der Waals surface area contributed by atoms with Gasteiger partial charge in [-0.15, -0.1) is 0 Å². The number of esters is 1. The van der Waals surface area contributed by atoms with Crippen molar-refractivity contribution in [2.45, 2.75) is 71.3 Å². The second-order valence-corrected chi connectivity index (χ2v) is 17.4. The molecule has 0 spiro atoms. The van der Waals surface area contributed by atoms with Crippen LogP contribution >= 0.6 is 0 Å². The largest absolute Gasteiger partial charge is 0.467 e. The lowest BCUT2D eigenvalue weighted by Gasteiger charge is -2.22. The highest BCUT2D eigenvalue weighted by atomic mass is 28.3. The number of hydrogen-bond donors (Lipinski definition) is 1. The van der Waals surface area contributed by atoms with Crippen LogP contribution in [0.15, 0.2) is 36.7 Å². The van der Waals surface area contributed by atoms with E-state index in [-0.39, 0.29) is 24.7 Å². The number of rotatable bonds is 11. The van der Waals surface area contributed by atoms with Crippen LogP contribution in [0.5, 0.6) is 11.5 Å². The van der Waals surface area contributed by atoms with Crippen molar-refractivity contribution >= 4 is 31.2 Å². The Kier molecular flexibility index (Phi) is 10.1. The molecule has 0 saturated heterocycles. The number of nitriles is 1. The lowest BCUT2D eigenvalue weighted by molar-refractivity contribution is -0.143. The fourth-order valence-corrected chi connectivity index (χ4v) is 4.65. The summed E-state index contributed by atoms with van der Waals surface area (Å²) < 4.78 is 38.7. The number of nitrogens with one attached hydrogen (secondary N) is 1. The molecule has 0 aliphatic rings. The predicted molar refractivity (Wildman–Crippen MR) is 154 cm³/mol. The van der Waals surface area contributed by atoms with Gasteiger partial charge in [0.25, 0.3) is 0 Å². The number of carbonyl (C=O) groups is 2. The molecule has 1 amide bonds. The van der Waals surface area contributed by atoms with Crippen molar-refractivity contribution in [3.8, 4) is 17.6 Å². The molecule has 0 aliphatic heterocycles. The fourth-order valence-electron chi connectivity index (χ4n) is 3.89. The number of pyridine rings is 1. The number of aromatic nitrogens is 2. The van der Waals surface area contributed by atoms with Gasteiger partial charge in [-0.3, -0.25) is 0 Å². The van der Waals surface area contributed by atoms with Crippen molar-refractivity contribution in [1.29, 1.82) is 5.26 Å². The molecule has 3 aromatic rings. The molecule has 0 saturated carbocycles. The number of methoxy groups -OCH3 is 1. The third kappa shape index (κ3) is 9.02. The van der Waals surface area contributed by atoms with Gasteiger partial charge in [-0.05, 0) is 50.6 Å². The Morgan fingerprint density at radius 3 is 2.54 bits per heavy atom. The number of fused-ring (bicyclic) bond motifs is 1. The van der Waals surface area contributed by atoms with Crippen molar-refractivity contribution in [2.24, 2.45) is 0 Å². The van der Waals surface area contributed by atoms with Crippen LogP contribution < -0.4 is 10.1 Å².